The van der Waals surface area contributed by atoms with Gasteiger partial charge in [-0.2, -0.15) is 0 Å². The van der Waals surface area contributed by atoms with Crippen LogP contribution in [0.4, 0.5) is 0 Å². The van der Waals surface area contributed by atoms with Crippen molar-refractivity contribution in [3.8, 4) is 0 Å². The molecular weight excluding hydrogens is 370 g/mol. The number of rotatable bonds is 7. The molecule has 1 aromatic heterocycles. The van der Waals surface area contributed by atoms with E-state index < -0.39 is 5.91 Å². The molecule has 1 heterocycles. The molecule has 28 heavy (non-hydrogen) atoms. The van der Waals surface area contributed by atoms with Gasteiger partial charge in [0.1, 0.15) is 5.03 Å². The number of hydrogen-bond acceptors (Lipinski definition) is 4. The fourth-order valence-corrected chi connectivity index (χ4v) is 4.69. The zero-order valence-electron chi connectivity index (χ0n) is 16.7. The quantitative estimate of drug-likeness (QED) is 0.701. The molecule has 1 aromatic carbocycles. The van der Waals surface area contributed by atoms with Crippen LogP contribution < -0.4 is 11.1 Å². The van der Waals surface area contributed by atoms with E-state index in [0.29, 0.717) is 17.1 Å². The molecule has 148 valence electrons. The van der Waals surface area contributed by atoms with Crippen molar-refractivity contribution in [2.75, 3.05) is 12.3 Å². The van der Waals surface area contributed by atoms with Crippen molar-refractivity contribution in [2.45, 2.75) is 50.5 Å². The summed E-state index contributed by atoms with van der Waals surface area (Å²) in [5, 5.41) is 3.61. The van der Waals surface area contributed by atoms with Gasteiger partial charge in [0.2, 0.25) is 5.91 Å². The molecule has 1 saturated carbocycles. The molecule has 1 aliphatic rings. The standard InChI is InChI=1S/C22H27N3O2S/c1-14-15(2)19(20(23)27)21(25-16(14)3)28-12-18(26)24-13-22(10-7-11-22)17-8-5-4-6-9-17/h4-6,8-9H,7,10-13H2,1-3H3,(H2,23,27)(H,24,26). The molecule has 0 spiro atoms. The van der Waals surface area contributed by atoms with Crippen molar-refractivity contribution in [1.29, 1.82) is 0 Å². The molecule has 0 aliphatic heterocycles. The number of carbonyl (C=O) groups is 2. The van der Waals surface area contributed by atoms with Crippen LogP contribution in [0.25, 0.3) is 0 Å². The summed E-state index contributed by atoms with van der Waals surface area (Å²) in [6.45, 7) is 6.33. The maximum absolute atomic E-state index is 12.5. The van der Waals surface area contributed by atoms with Crippen LogP contribution in [-0.2, 0) is 10.2 Å². The van der Waals surface area contributed by atoms with E-state index in [1.165, 1.54) is 23.7 Å². The SMILES string of the molecule is Cc1nc(SCC(=O)NCC2(c3ccccc3)CCC2)c(C(N)=O)c(C)c1C. The molecule has 0 unspecified atom stereocenters. The van der Waals surface area contributed by atoms with Crippen LogP contribution >= 0.6 is 11.8 Å². The van der Waals surface area contributed by atoms with Crippen molar-refractivity contribution in [1.82, 2.24) is 10.3 Å². The fourth-order valence-electron chi connectivity index (χ4n) is 3.72. The van der Waals surface area contributed by atoms with Gasteiger partial charge < -0.3 is 11.1 Å². The molecule has 1 aliphatic carbocycles. The Morgan fingerprint density at radius 2 is 1.82 bits per heavy atom. The van der Waals surface area contributed by atoms with E-state index in [4.69, 9.17) is 5.73 Å². The Kier molecular flexibility index (Phi) is 6.08. The lowest BCUT2D eigenvalue weighted by Crippen LogP contribution is -2.46. The molecule has 6 heteroatoms. The fraction of sp³-hybridized carbons (Fsp3) is 0.409. The van der Waals surface area contributed by atoms with E-state index in [9.17, 15) is 9.59 Å². The highest BCUT2D eigenvalue weighted by atomic mass is 32.2. The molecule has 2 amide bonds. The summed E-state index contributed by atoms with van der Waals surface area (Å²) in [6.07, 6.45) is 3.37. The van der Waals surface area contributed by atoms with E-state index in [-0.39, 0.29) is 17.1 Å². The van der Waals surface area contributed by atoms with Gasteiger partial charge in [0.25, 0.3) is 5.91 Å². The Morgan fingerprint density at radius 1 is 1.14 bits per heavy atom. The van der Waals surface area contributed by atoms with Crippen molar-refractivity contribution >= 4 is 23.6 Å². The number of nitrogens with zero attached hydrogens (tertiary/aromatic N) is 1. The van der Waals surface area contributed by atoms with Gasteiger partial charge in [-0.25, -0.2) is 4.98 Å². The van der Waals surface area contributed by atoms with Crippen LogP contribution in [-0.4, -0.2) is 29.1 Å². The zero-order chi connectivity index (χ0) is 20.3. The Bertz CT molecular complexity index is 892. The lowest BCUT2D eigenvalue weighted by Gasteiger charge is -2.42. The molecule has 0 radical (unpaired) electrons. The van der Waals surface area contributed by atoms with E-state index in [0.717, 1.165) is 29.7 Å². The molecule has 1 fully saturated rings. The average molecular weight is 398 g/mol. The van der Waals surface area contributed by atoms with Crippen LogP contribution in [0.3, 0.4) is 0 Å². The monoisotopic (exact) mass is 397 g/mol. The number of amides is 2. The Morgan fingerprint density at radius 3 is 2.39 bits per heavy atom. The number of pyridine rings is 1. The van der Waals surface area contributed by atoms with Crippen molar-refractivity contribution < 1.29 is 9.59 Å². The predicted octanol–water partition coefficient (Wildman–Crippen LogP) is 3.44. The van der Waals surface area contributed by atoms with Crippen molar-refractivity contribution in [2.24, 2.45) is 5.73 Å². The molecule has 3 N–H and O–H groups in total. The van der Waals surface area contributed by atoms with E-state index in [1.807, 2.05) is 39.0 Å². The van der Waals surface area contributed by atoms with E-state index in [1.54, 1.807) is 0 Å². The smallest absolute Gasteiger partial charge is 0.251 e. The molecule has 3 rings (SSSR count). The minimum atomic E-state index is -0.506. The Hall–Kier alpha value is -2.34. The number of aromatic nitrogens is 1. The summed E-state index contributed by atoms with van der Waals surface area (Å²) < 4.78 is 0. The summed E-state index contributed by atoms with van der Waals surface area (Å²) in [7, 11) is 0. The number of benzene rings is 1. The number of carbonyl (C=O) groups excluding carboxylic acids is 2. The first kappa shape index (κ1) is 20.4. The molecule has 0 atom stereocenters. The number of nitrogens with one attached hydrogen (secondary N) is 1. The second-order valence-corrected chi connectivity index (χ2v) is 8.52. The number of thioether (sulfide) groups is 1. The lowest BCUT2D eigenvalue weighted by atomic mass is 9.64. The van der Waals surface area contributed by atoms with Gasteiger partial charge >= 0.3 is 0 Å². The van der Waals surface area contributed by atoms with Gasteiger partial charge in [0, 0.05) is 17.7 Å². The molecule has 0 bridgehead atoms. The highest BCUT2D eigenvalue weighted by Crippen LogP contribution is 2.43. The largest absolute Gasteiger partial charge is 0.366 e. The van der Waals surface area contributed by atoms with Crippen molar-refractivity contribution in [3.63, 3.8) is 0 Å². The number of hydrogen-bond donors (Lipinski definition) is 2. The number of primary amides is 1. The van der Waals surface area contributed by atoms with Gasteiger partial charge in [-0.3, -0.25) is 9.59 Å². The lowest BCUT2D eigenvalue weighted by molar-refractivity contribution is -0.119. The normalized spacial score (nSPS) is 15.0. The predicted molar refractivity (Wildman–Crippen MR) is 113 cm³/mol. The Balaban J connectivity index is 1.65. The summed E-state index contributed by atoms with van der Waals surface area (Å²) in [6, 6.07) is 10.4. The Labute approximate surface area is 170 Å². The molecule has 0 saturated heterocycles. The molecule has 2 aromatic rings. The van der Waals surface area contributed by atoms with Crippen LogP contribution in [0.1, 0.15) is 52.0 Å². The second kappa shape index (κ2) is 8.35. The maximum Gasteiger partial charge on any atom is 0.251 e. The first-order valence-corrected chi connectivity index (χ1v) is 10.6. The van der Waals surface area contributed by atoms with E-state index in [2.05, 4.69) is 22.4 Å². The minimum Gasteiger partial charge on any atom is -0.366 e. The van der Waals surface area contributed by atoms with Gasteiger partial charge in [-0.15, -0.1) is 0 Å². The maximum atomic E-state index is 12.5. The van der Waals surface area contributed by atoms with Gasteiger partial charge in [0.05, 0.1) is 11.3 Å². The summed E-state index contributed by atoms with van der Waals surface area (Å²) in [5.41, 5.74) is 9.95. The number of nitrogens with two attached hydrogens (primary N) is 1. The highest BCUT2D eigenvalue weighted by molar-refractivity contribution is 8.00. The summed E-state index contributed by atoms with van der Waals surface area (Å²) >= 11 is 1.27. The van der Waals surface area contributed by atoms with E-state index >= 15 is 0 Å². The molecule has 5 nitrogen and oxygen atoms in total. The summed E-state index contributed by atoms with van der Waals surface area (Å²) in [5.74, 6) is -0.353. The first-order chi connectivity index (χ1) is 13.3. The average Bonchev–Trinajstić information content (AvgIpc) is 2.64. The van der Waals surface area contributed by atoms with Gasteiger partial charge in [-0.05, 0) is 50.3 Å². The van der Waals surface area contributed by atoms with Gasteiger partial charge in [-0.1, -0.05) is 48.5 Å². The van der Waals surface area contributed by atoms with Crippen LogP contribution in [0.15, 0.2) is 35.4 Å². The topological polar surface area (TPSA) is 85.1 Å². The first-order valence-electron chi connectivity index (χ1n) is 9.57. The number of aryl methyl sites for hydroxylation is 1. The van der Waals surface area contributed by atoms with Crippen LogP contribution in [0.2, 0.25) is 0 Å². The third kappa shape index (κ3) is 4.07. The third-order valence-corrected chi connectivity index (χ3v) is 6.85. The zero-order valence-corrected chi connectivity index (χ0v) is 17.5. The summed E-state index contributed by atoms with van der Waals surface area (Å²) in [4.78, 5) is 28.8. The second-order valence-electron chi connectivity index (χ2n) is 7.56. The van der Waals surface area contributed by atoms with Gasteiger partial charge in [0.15, 0.2) is 0 Å². The minimum absolute atomic E-state index is 0.0508. The van der Waals surface area contributed by atoms with Crippen molar-refractivity contribution in [3.05, 3.63) is 58.3 Å². The van der Waals surface area contributed by atoms with Crippen LogP contribution in [0, 0.1) is 20.8 Å². The highest BCUT2D eigenvalue weighted by Gasteiger charge is 2.38. The van der Waals surface area contributed by atoms with Crippen LogP contribution in [0.5, 0.6) is 0 Å². The molecular formula is C22H27N3O2S. The third-order valence-electron chi connectivity index (χ3n) is 5.87.